The molecule has 0 saturated carbocycles. The molecule has 0 amide bonds. The highest BCUT2D eigenvalue weighted by Crippen LogP contribution is 2.24. The van der Waals surface area contributed by atoms with E-state index in [0.717, 1.165) is 43.4 Å². The standard InChI is InChI=1S/C21H23NO/c1-2-16-7-9-17(10-8-16)5-3-4-6-18-11-12-19-13-14-21(22-23)20(19)15-18/h3-4,7-12,15,23H,2,5-6,13-14H2,1H3/b4-3+,22-21+. The minimum Gasteiger partial charge on any atom is -0.411 e. The van der Waals surface area contributed by atoms with Gasteiger partial charge in [0.05, 0.1) is 5.71 Å². The molecule has 2 heteroatoms. The zero-order valence-corrected chi connectivity index (χ0v) is 13.6. The van der Waals surface area contributed by atoms with Gasteiger partial charge in [-0.1, -0.05) is 60.6 Å². The molecule has 0 bridgehead atoms. The number of aryl methyl sites for hydroxylation is 2. The molecule has 0 aliphatic heterocycles. The molecule has 1 N–H and O–H groups in total. The number of allylic oxidation sites excluding steroid dienone is 2. The van der Waals surface area contributed by atoms with Crippen molar-refractivity contribution in [2.24, 2.45) is 5.16 Å². The van der Waals surface area contributed by atoms with E-state index >= 15 is 0 Å². The Kier molecular flexibility index (Phi) is 4.92. The molecule has 0 spiro atoms. The van der Waals surface area contributed by atoms with Crippen molar-refractivity contribution in [2.75, 3.05) is 0 Å². The molecule has 3 rings (SSSR count). The second-order valence-electron chi connectivity index (χ2n) is 6.09. The van der Waals surface area contributed by atoms with Crippen LogP contribution >= 0.6 is 0 Å². The van der Waals surface area contributed by atoms with E-state index < -0.39 is 0 Å². The van der Waals surface area contributed by atoms with Crippen molar-refractivity contribution < 1.29 is 5.21 Å². The van der Waals surface area contributed by atoms with Crippen LogP contribution in [0.1, 0.15) is 41.2 Å². The minimum atomic E-state index is 0.821. The van der Waals surface area contributed by atoms with Gasteiger partial charge in [0.2, 0.25) is 0 Å². The molecular weight excluding hydrogens is 282 g/mol. The van der Waals surface area contributed by atoms with Gasteiger partial charge in [-0.3, -0.25) is 0 Å². The first-order chi connectivity index (χ1) is 11.3. The van der Waals surface area contributed by atoms with Crippen LogP contribution in [-0.4, -0.2) is 10.9 Å². The molecule has 1 aliphatic rings. The molecule has 0 atom stereocenters. The average Bonchev–Trinajstić information content (AvgIpc) is 3.01. The van der Waals surface area contributed by atoms with Crippen molar-refractivity contribution in [3.05, 3.63) is 82.4 Å². The molecule has 0 aromatic heterocycles. The molecule has 2 aromatic carbocycles. The van der Waals surface area contributed by atoms with E-state index in [1.54, 1.807) is 0 Å². The first kappa shape index (κ1) is 15.5. The van der Waals surface area contributed by atoms with Gasteiger partial charge >= 0.3 is 0 Å². The van der Waals surface area contributed by atoms with Crippen molar-refractivity contribution in [1.82, 2.24) is 0 Å². The van der Waals surface area contributed by atoms with Crippen LogP contribution in [0.3, 0.4) is 0 Å². The van der Waals surface area contributed by atoms with Gasteiger partial charge < -0.3 is 5.21 Å². The van der Waals surface area contributed by atoms with E-state index in [0.29, 0.717) is 0 Å². The van der Waals surface area contributed by atoms with Gasteiger partial charge in [0.15, 0.2) is 0 Å². The second-order valence-corrected chi connectivity index (χ2v) is 6.09. The number of nitrogens with zero attached hydrogens (tertiary/aromatic N) is 1. The number of fused-ring (bicyclic) bond motifs is 1. The van der Waals surface area contributed by atoms with Gasteiger partial charge in [0, 0.05) is 5.56 Å². The smallest absolute Gasteiger partial charge is 0.0873 e. The maximum atomic E-state index is 9.06. The summed E-state index contributed by atoms with van der Waals surface area (Å²) < 4.78 is 0. The van der Waals surface area contributed by atoms with Gasteiger partial charge in [-0.15, -0.1) is 0 Å². The second kappa shape index (κ2) is 7.28. The normalized spacial score (nSPS) is 15.4. The Labute approximate surface area is 138 Å². The quantitative estimate of drug-likeness (QED) is 0.484. The zero-order valence-electron chi connectivity index (χ0n) is 13.6. The van der Waals surface area contributed by atoms with Gasteiger partial charge in [0.1, 0.15) is 0 Å². The highest BCUT2D eigenvalue weighted by Gasteiger charge is 2.17. The van der Waals surface area contributed by atoms with Crippen molar-refractivity contribution in [1.29, 1.82) is 0 Å². The van der Waals surface area contributed by atoms with Crippen molar-refractivity contribution in [2.45, 2.75) is 39.0 Å². The maximum absolute atomic E-state index is 9.06. The number of hydrogen-bond donors (Lipinski definition) is 1. The lowest BCUT2D eigenvalue weighted by molar-refractivity contribution is 0.318. The van der Waals surface area contributed by atoms with E-state index in [1.165, 1.54) is 22.3 Å². The fraction of sp³-hybridized carbons (Fsp3) is 0.286. The Bertz CT molecular complexity index is 726. The summed E-state index contributed by atoms with van der Waals surface area (Å²) >= 11 is 0. The molecule has 0 saturated heterocycles. The molecule has 0 heterocycles. The van der Waals surface area contributed by atoms with Crippen LogP contribution in [0.4, 0.5) is 0 Å². The molecule has 2 nitrogen and oxygen atoms in total. The first-order valence-electron chi connectivity index (χ1n) is 8.36. The maximum Gasteiger partial charge on any atom is 0.0873 e. The van der Waals surface area contributed by atoms with Crippen LogP contribution in [0.2, 0.25) is 0 Å². The first-order valence-corrected chi connectivity index (χ1v) is 8.36. The van der Waals surface area contributed by atoms with E-state index in [4.69, 9.17) is 5.21 Å². The lowest BCUT2D eigenvalue weighted by atomic mass is 10.0. The Morgan fingerprint density at radius 2 is 1.57 bits per heavy atom. The summed E-state index contributed by atoms with van der Waals surface area (Å²) in [6.07, 6.45) is 9.26. The highest BCUT2D eigenvalue weighted by molar-refractivity contribution is 6.04. The summed E-state index contributed by atoms with van der Waals surface area (Å²) in [5.41, 5.74) is 7.24. The van der Waals surface area contributed by atoms with E-state index in [2.05, 4.69) is 66.7 Å². The number of oxime groups is 1. The monoisotopic (exact) mass is 305 g/mol. The van der Waals surface area contributed by atoms with Crippen LogP contribution < -0.4 is 0 Å². The summed E-state index contributed by atoms with van der Waals surface area (Å²) in [5.74, 6) is 0. The number of benzene rings is 2. The fourth-order valence-corrected chi connectivity index (χ4v) is 3.08. The third kappa shape index (κ3) is 3.70. The third-order valence-corrected chi connectivity index (χ3v) is 4.54. The summed E-state index contributed by atoms with van der Waals surface area (Å²) in [6.45, 7) is 2.18. The van der Waals surface area contributed by atoms with Gasteiger partial charge in [-0.05, 0) is 60.4 Å². The fourth-order valence-electron chi connectivity index (χ4n) is 3.08. The number of hydrogen-bond acceptors (Lipinski definition) is 2. The third-order valence-electron chi connectivity index (χ3n) is 4.54. The molecule has 0 unspecified atom stereocenters. The molecule has 0 radical (unpaired) electrons. The molecule has 0 fully saturated rings. The molecule has 1 aliphatic carbocycles. The summed E-state index contributed by atoms with van der Waals surface area (Å²) in [4.78, 5) is 0. The topological polar surface area (TPSA) is 32.6 Å². The predicted molar refractivity (Wildman–Crippen MR) is 95.5 cm³/mol. The summed E-state index contributed by atoms with van der Waals surface area (Å²) in [5, 5.41) is 12.5. The Hall–Kier alpha value is -2.35. The summed E-state index contributed by atoms with van der Waals surface area (Å²) in [7, 11) is 0. The Morgan fingerprint density at radius 3 is 2.26 bits per heavy atom. The SMILES string of the molecule is CCc1ccc(C/C=C/Cc2ccc3c(c2)/C(=N/O)CC3)cc1. The largest absolute Gasteiger partial charge is 0.411 e. The summed E-state index contributed by atoms with van der Waals surface area (Å²) in [6, 6.07) is 15.3. The minimum absolute atomic E-state index is 0.821. The van der Waals surface area contributed by atoms with Gasteiger partial charge in [0.25, 0.3) is 0 Å². The van der Waals surface area contributed by atoms with Gasteiger partial charge in [-0.2, -0.15) is 0 Å². The van der Waals surface area contributed by atoms with E-state index in [-0.39, 0.29) is 0 Å². The van der Waals surface area contributed by atoms with Crippen LogP contribution in [0.5, 0.6) is 0 Å². The van der Waals surface area contributed by atoms with Gasteiger partial charge in [-0.25, -0.2) is 0 Å². The molecule has 23 heavy (non-hydrogen) atoms. The van der Waals surface area contributed by atoms with E-state index in [9.17, 15) is 0 Å². The Balaban J connectivity index is 1.60. The molecule has 2 aromatic rings. The van der Waals surface area contributed by atoms with E-state index in [1.807, 2.05) is 0 Å². The zero-order chi connectivity index (χ0) is 16.1. The van der Waals surface area contributed by atoms with Crippen molar-refractivity contribution in [3.63, 3.8) is 0 Å². The van der Waals surface area contributed by atoms with Crippen LogP contribution in [0.15, 0.2) is 59.8 Å². The lowest BCUT2D eigenvalue weighted by Gasteiger charge is -2.03. The highest BCUT2D eigenvalue weighted by atomic mass is 16.4. The van der Waals surface area contributed by atoms with Crippen LogP contribution in [-0.2, 0) is 25.7 Å². The number of rotatable bonds is 5. The predicted octanol–water partition coefficient (Wildman–Crippen LogP) is 4.71. The molecular formula is C21H23NO. The average molecular weight is 305 g/mol. The van der Waals surface area contributed by atoms with Crippen molar-refractivity contribution in [3.8, 4) is 0 Å². The van der Waals surface area contributed by atoms with Crippen LogP contribution in [0, 0.1) is 0 Å². The Morgan fingerprint density at radius 1 is 0.913 bits per heavy atom. The lowest BCUT2D eigenvalue weighted by Crippen LogP contribution is -1.95. The van der Waals surface area contributed by atoms with Crippen molar-refractivity contribution >= 4 is 5.71 Å². The van der Waals surface area contributed by atoms with Crippen LogP contribution in [0.25, 0.3) is 0 Å². The molecule has 118 valence electrons.